The fourth-order valence-corrected chi connectivity index (χ4v) is 2.52. The second-order valence-corrected chi connectivity index (χ2v) is 7.24. The first-order valence-electron chi connectivity index (χ1n) is 8.79. The van der Waals surface area contributed by atoms with Crippen molar-refractivity contribution in [3.63, 3.8) is 0 Å². The number of hydrogen-bond donors (Lipinski definition) is 2. The van der Waals surface area contributed by atoms with Crippen LogP contribution < -0.4 is 10.6 Å². The van der Waals surface area contributed by atoms with E-state index in [9.17, 15) is 4.79 Å². The van der Waals surface area contributed by atoms with Crippen LogP contribution in [0.2, 0.25) is 0 Å². The van der Waals surface area contributed by atoms with E-state index in [-0.39, 0.29) is 11.3 Å². The second-order valence-electron chi connectivity index (χ2n) is 7.24. The fraction of sp³-hybridized carbons (Fsp3) is 0.238. The maximum atomic E-state index is 12.3. The molecular formula is C21H23N5O. The molecule has 0 aliphatic carbocycles. The van der Waals surface area contributed by atoms with Gasteiger partial charge in [-0.15, -0.1) is 0 Å². The molecule has 3 rings (SSSR count). The van der Waals surface area contributed by atoms with Gasteiger partial charge in [0.1, 0.15) is 17.8 Å². The van der Waals surface area contributed by atoms with Crippen LogP contribution in [0.15, 0.2) is 61.1 Å². The lowest BCUT2D eigenvalue weighted by Gasteiger charge is -2.19. The van der Waals surface area contributed by atoms with E-state index in [1.54, 1.807) is 12.3 Å². The van der Waals surface area contributed by atoms with Crippen molar-refractivity contribution in [2.75, 3.05) is 5.32 Å². The lowest BCUT2D eigenvalue weighted by Crippen LogP contribution is -2.24. The maximum absolute atomic E-state index is 12.3. The highest BCUT2D eigenvalue weighted by Gasteiger charge is 2.13. The van der Waals surface area contributed by atoms with Crippen molar-refractivity contribution < 1.29 is 4.79 Å². The highest BCUT2D eigenvalue weighted by Crippen LogP contribution is 2.24. The Morgan fingerprint density at radius 1 is 1.00 bits per heavy atom. The Bertz CT molecular complexity index is 902. The summed E-state index contributed by atoms with van der Waals surface area (Å²) in [6, 6.07) is 15.4. The Morgan fingerprint density at radius 2 is 1.78 bits per heavy atom. The van der Waals surface area contributed by atoms with Gasteiger partial charge in [-0.1, -0.05) is 39.0 Å². The SMILES string of the molecule is CC(C)(C)c1ccc(Nc2cc(C(=O)NCc3ccccn3)ncn2)cc1. The third kappa shape index (κ3) is 5.10. The second kappa shape index (κ2) is 7.95. The molecule has 0 spiro atoms. The van der Waals surface area contributed by atoms with Crippen molar-refractivity contribution in [2.24, 2.45) is 0 Å². The highest BCUT2D eigenvalue weighted by molar-refractivity contribution is 5.92. The molecule has 3 aromatic rings. The normalized spacial score (nSPS) is 11.1. The predicted molar refractivity (Wildman–Crippen MR) is 106 cm³/mol. The van der Waals surface area contributed by atoms with Gasteiger partial charge in [0.05, 0.1) is 12.2 Å². The van der Waals surface area contributed by atoms with Crippen LogP contribution in [0, 0.1) is 0 Å². The molecule has 27 heavy (non-hydrogen) atoms. The van der Waals surface area contributed by atoms with Gasteiger partial charge >= 0.3 is 0 Å². The molecule has 0 fully saturated rings. The molecular weight excluding hydrogens is 338 g/mol. The smallest absolute Gasteiger partial charge is 0.270 e. The van der Waals surface area contributed by atoms with Gasteiger partial charge in [0.2, 0.25) is 0 Å². The lowest BCUT2D eigenvalue weighted by molar-refractivity contribution is 0.0945. The Morgan fingerprint density at radius 3 is 2.44 bits per heavy atom. The van der Waals surface area contributed by atoms with Crippen molar-refractivity contribution in [1.82, 2.24) is 20.3 Å². The number of benzene rings is 1. The van der Waals surface area contributed by atoms with Crippen LogP contribution in [0.25, 0.3) is 0 Å². The highest BCUT2D eigenvalue weighted by atomic mass is 16.1. The monoisotopic (exact) mass is 361 g/mol. The number of rotatable bonds is 5. The number of hydrogen-bond acceptors (Lipinski definition) is 5. The summed E-state index contributed by atoms with van der Waals surface area (Å²) in [7, 11) is 0. The lowest BCUT2D eigenvalue weighted by atomic mass is 9.87. The van der Waals surface area contributed by atoms with Gasteiger partial charge in [0, 0.05) is 18.0 Å². The first-order chi connectivity index (χ1) is 12.9. The van der Waals surface area contributed by atoms with Gasteiger partial charge in [0.25, 0.3) is 5.91 Å². The molecule has 0 saturated heterocycles. The van der Waals surface area contributed by atoms with Crippen LogP contribution >= 0.6 is 0 Å². The van der Waals surface area contributed by atoms with Gasteiger partial charge in [-0.25, -0.2) is 9.97 Å². The Hall–Kier alpha value is -3.28. The van der Waals surface area contributed by atoms with E-state index in [1.165, 1.54) is 11.9 Å². The van der Waals surface area contributed by atoms with Crippen molar-refractivity contribution in [1.29, 1.82) is 0 Å². The van der Waals surface area contributed by atoms with Crippen LogP contribution in [-0.2, 0) is 12.0 Å². The van der Waals surface area contributed by atoms with E-state index in [4.69, 9.17) is 0 Å². The number of aromatic nitrogens is 3. The zero-order valence-electron chi connectivity index (χ0n) is 15.7. The number of anilines is 2. The van der Waals surface area contributed by atoms with Crippen LogP contribution in [0.3, 0.4) is 0 Å². The van der Waals surface area contributed by atoms with Crippen LogP contribution in [0.5, 0.6) is 0 Å². The summed E-state index contributed by atoms with van der Waals surface area (Å²) in [6.07, 6.45) is 3.07. The van der Waals surface area contributed by atoms with Gasteiger partial charge in [-0.3, -0.25) is 9.78 Å². The maximum Gasteiger partial charge on any atom is 0.270 e. The number of carbonyl (C=O) groups is 1. The summed E-state index contributed by atoms with van der Waals surface area (Å²) in [5.74, 6) is 0.297. The van der Waals surface area contributed by atoms with Crippen molar-refractivity contribution in [3.05, 3.63) is 78.0 Å². The van der Waals surface area contributed by atoms with Gasteiger partial charge < -0.3 is 10.6 Å². The van der Waals surface area contributed by atoms with Crippen LogP contribution in [0.1, 0.15) is 42.5 Å². The topological polar surface area (TPSA) is 79.8 Å². The summed E-state index contributed by atoms with van der Waals surface area (Å²) in [6.45, 7) is 6.88. The predicted octanol–water partition coefficient (Wildman–Crippen LogP) is 3.84. The third-order valence-electron chi connectivity index (χ3n) is 4.08. The average molecular weight is 361 g/mol. The molecule has 0 bridgehead atoms. The minimum atomic E-state index is -0.269. The minimum Gasteiger partial charge on any atom is -0.345 e. The largest absolute Gasteiger partial charge is 0.345 e. The first kappa shape index (κ1) is 18.5. The van der Waals surface area contributed by atoms with E-state index in [1.807, 2.05) is 30.3 Å². The number of nitrogens with zero attached hydrogens (tertiary/aromatic N) is 3. The van der Waals surface area contributed by atoms with Gasteiger partial charge in [0.15, 0.2) is 0 Å². The summed E-state index contributed by atoms with van der Waals surface area (Å²) in [5.41, 5.74) is 3.35. The number of nitrogens with one attached hydrogen (secondary N) is 2. The molecule has 6 heteroatoms. The Kier molecular flexibility index (Phi) is 5.45. The summed E-state index contributed by atoms with van der Waals surface area (Å²) in [5, 5.41) is 6.02. The summed E-state index contributed by atoms with van der Waals surface area (Å²) in [4.78, 5) is 24.8. The molecule has 138 valence electrons. The van der Waals surface area contributed by atoms with E-state index >= 15 is 0 Å². The zero-order valence-corrected chi connectivity index (χ0v) is 15.7. The van der Waals surface area contributed by atoms with Gasteiger partial charge in [-0.05, 0) is 35.2 Å². The first-order valence-corrected chi connectivity index (χ1v) is 8.79. The number of amides is 1. The van der Waals surface area contributed by atoms with E-state index in [0.29, 0.717) is 18.1 Å². The molecule has 2 N–H and O–H groups in total. The Labute approximate surface area is 159 Å². The molecule has 0 aliphatic rings. The molecule has 0 unspecified atom stereocenters. The van der Waals surface area contributed by atoms with Crippen LogP contribution in [-0.4, -0.2) is 20.9 Å². The third-order valence-corrected chi connectivity index (χ3v) is 4.08. The van der Waals surface area contributed by atoms with E-state index in [2.05, 4.69) is 58.5 Å². The molecule has 6 nitrogen and oxygen atoms in total. The van der Waals surface area contributed by atoms with E-state index in [0.717, 1.165) is 11.4 Å². The molecule has 2 heterocycles. The molecule has 0 saturated carbocycles. The standard InChI is InChI=1S/C21H23N5O/c1-21(2,3)15-7-9-16(10-8-15)26-19-12-18(24-14-25-19)20(27)23-13-17-6-4-5-11-22-17/h4-12,14H,13H2,1-3H3,(H,23,27)(H,24,25,26). The number of carbonyl (C=O) groups excluding carboxylic acids is 1. The number of pyridine rings is 1. The Balaban J connectivity index is 1.65. The van der Waals surface area contributed by atoms with Crippen molar-refractivity contribution in [3.8, 4) is 0 Å². The summed E-state index contributed by atoms with van der Waals surface area (Å²) < 4.78 is 0. The average Bonchev–Trinajstić information content (AvgIpc) is 2.67. The zero-order chi connectivity index (χ0) is 19.3. The molecule has 0 atom stereocenters. The minimum absolute atomic E-state index is 0.103. The van der Waals surface area contributed by atoms with Gasteiger partial charge in [-0.2, -0.15) is 0 Å². The molecule has 1 amide bonds. The molecule has 0 radical (unpaired) electrons. The van der Waals surface area contributed by atoms with Crippen LogP contribution in [0.4, 0.5) is 11.5 Å². The van der Waals surface area contributed by atoms with E-state index < -0.39 is 0 Å². The molecule has 1 aromatic carbocycles. The molecule has 0 aliphatic heterocycles. The summed E-state index contributed by atoms with van der Waals surface area (Å²) >= 11 is 0. The van der Waals surface area contributed by atoms with Crippen molar-refractivity contribution in [2.45, 2.75) is 32.7 Å². The van der Waals surface area contributed by atoms with Crippen molar-refractivity contribution >= 4 is 17.4 Å². The molecule has 2 aromatic heterocycles. The quantitative estimate of drug-likeness (QED) is 0.722. The fourth-order valence-electron chi connectivity index (χ4n) is 2.52.